The van der Waals surface area contributed by atoms with Gasteiger partial charge in [0.05, 0.1) is 17.1 Å². The number of alkyl halides is 4. The van der Waals surface area contributed by atoms with Crippen LogP contribution >= 0.6 is 11.3 Å². The Hall–Kier alpha value is -3.81. The number of anilines is 1. The number of aromatic nitrogens is 5. The molecule has 0 aromatic carbocycles. The van der Waals surface area contributed by atoms with E-state index in [-0.39, 0.29) is 32.3 Å². The summed E-state index contributed by atoms with van der Waals surface area (Å²) in [4.78, 5) is 29.2. The third-order valence-corrected chi connectivity index (χ3v) is 7.14. The van der Waals surface area contributed by atoms with E-state index in [0.29, 0.717) is 17.0 Å². The normalized spacial score (nSPS) is 13.7. The summed E-state index contributed by atoms with van der Waals surface area (Å²) in [5.74, 6) is -1.56. The van der Waals surface area contributed by atoms with Gasteiger partial charge in [0.15, 0.2) is 0 Å². The Morgan fingerprint density at radius 2 is 1.89 bits per heavy atom. The number of amides is 2. The zero-order valence-electron chi connectivity index (χ0n) is 19.6. The SMILES string of the molecule is Cc1nn(C)cc1-c1cc(C(F)F)nc2sc(C(N)=O)c(NC(=O)Cn3nc(C4CC4)cc3C(F)F)c12. The topological polar surface area (TPSA) is 121 Å². The van der Waals surface area contributed by atoms with Gasteiger partial charge in [0, 0.05) is 30.1 Å². The Kier molecular flexibility index (Phi) is 6.22. The van der Waals surface area contributed by atoms with E-state index in [1.165, 1.54) is 16.8 Å². The van der Waals surface area contributed by atoms with Crippen LogP contribution in [0.25, 0.3) is 21.3 Å². The number of nitrogens with one attached hydrogen (secondary N) is 1. The number of carbonyl (C=O) groups excluding carboxylic acids is 2. The summed E-state index contributed by atoms with van der Waals surface area (Å²) < 4.78 is 56.9. The monoisotopic (exact) mass is 535 g/mol. The lowest BCUT2D eigenvalue weighted by Crippen LogP contribution is -2.22. The van der Waals surface area contributed by atoms with Crippen LogP contribution in [0.2, 0.25) is 0 Å². The number of fused-ring (bicyclic) bond motifs is 1. The van der Waals surface area contributed by atoms with Crippen LogP contribution in [0.5, 0.6) is 0 Å². The van der Waals surface area contributed by atoms with Gasteiger partial charge in [0.25, 0.3) is 18.8 Å². The fraction of sp³-hybridized carbons (Fsp3) is 0.348. The second kappa shape index (κ2) is 9.25. The summed E-state index contributed by atoms with van der Waals surface area (Å²) in [6.07, 6.45) is -2.43. The number of hydrogen-bond acceptors (Lipinski definition) is 6. The highest BCUT2D eigenvalue weighted by molar-refractivity contribution is 7.21. The molecular weight excluding hydrogens is 514 g/mol. The lowest BCUT2D eigenvalue weighted by atomic mass is 10.0. The number of rotatable bonds is 8. The van der Waals surface area contributed by atoms with Crippen molar-refractivity contribution in [2.45, 2.75) is 45.1 Å². The second-order valence-corrected chi connectivity index (χ2v) is 9.82. The van der Waals surface area contributed by atoms with Crippen LogP contribution in [0.1, 0.15) is 64.1 Å². The third-order valence-electron chi connectivity index (χ3n) is 6.04. The number of hydrogen-bond donors (Lipinski definition) is 2. The molecular formula is C23H21F4N7O2S. The molecule has 1 aliphatic rings. The molecule has 0 atom stereocenters. The van der Waals surface area contributed by atoms with E-state index in [4.69, 9.17) is 5.73 Å². The fourth-order valence-corrected chi connectivity index (χ4v) is 5.26. The molecule has 1 fully saturated rings. The predicted octanol–water partition coefficient (Wildman–Crippen LogP) is 4.69. The van der Waals surface area contributed by atoms with E-state index in [1.807, 2.05) is 0 Å². The zero-order valence-corrected chi connectivity index (χ0v) is 20.5. The molecule has 0 bridgehead atoms. The minimum absolute atomic E-state index is 0.0303. The number of nitrogens with two attached hydrogens (primary N) is 1. The van der Waals surface area contributed by atoms with Crippen molar-refractivity contribution in [2.24, 2.45) is 12.8 Å². The van der Waals surface area contributed by atoms with E-state index in [1.54, 1.807) is 20.2 Å². The van der Waals surface area contributed by atoms with Crippen LogP contribution in [-0.2, 0) is 18.4 Å². The second-order valence-electron chi connectivity index (χ2n) is 8.82. The molecule has 14 heteroatoms. The lowest BCUT2D eigenvalue weighted by molar-refractivity contribution is -0.117. The first-order valence-electron chi connectivity index (χ1n) is 11.2. The average molecular weight is 536 g/mol. The van der Waals surface area contributed by atoms with Crippen LogP contribution < -0.4 is 11.1 Å². The molecule has 9 nitrogen and oxygen atoms in total. The summed E-state index contributed by atoms with van der Waals surface area (Å²) in [5.41, 5.74) is 6.38. The van der Waals surface area contributed by atoms with E-state index in [2.05, 4.69) is 20.5 Å². The number of primary amides is 1. The maximum Gasteiger partial charge on any atom is 0.280 e. The Balaban J connectivity index is 1.60. The zero-order chi connectivity index (χ0) is 26.6. The predicted molar refractivity (Wildman–Crippen MR) is 128 cm³/mol. The van der Waals surface area contributed by atoms with Gasteiger partial charge in [-0.2, -0.15) is 10.2 Å². The molecule has 5 rings (SSSR count). The van der Waals surface area contributed by atoms with Crippen molar-refractivity contribution in [2.75, 3.05) is 5.32 Å². The lowest BCUT2D eigenvalue weighted by Gasteiger charge is -2.11. The Morgan fingerprint density at radius 1 is 1.16 bits per heavy atom. The molecule has 0 aliphatic heterocycles. The molecule has 37 heavy (non-hydrogen) atoms. The number of thiophene rings is 1. The van der Waals surface area contributed by atoms with Crippen molar-refractivity contribution >= 4 is 39.1 Å². The van der Waals surface area contributed by atoms with Gasteiger partial charge in [0.1, 0.15) is 27.6 Å². The number of carbonyl (C=O) groups is 2. The minimum Gasteiger partial charge on any atom is -0.365 e. The highest BCUT2D eigenvalue weighted by Crippen LogP contribution is 2.43. The fourth-order valence-electron chi connectivity index (χ4n) is 4.25. The largest absolute Gasteiger partial charge is 0.365 e. The summed E-state index contributed by atoms with van der Waals surface area (Å²) >= 11 is 0.754. The van der Waals surface area contributed by atoms with Crippen molar-refractivity contribution in [3.8, 4) is 11.1 Å². The molecule has 1 saturated carbocycles. The van der Waals surface area contributed by atoms with Gasteiger partial charge in [-0.25, -0.2) is 22.5 Å². The van der Waals surface area contributed by atoms with Crippen molar-refractivity contribution < 1.29 is 27.2 Å². The third kappa shape index (κ3) is 4.68. The van der Waals surface area contributed by atoms with Crippen LogP contribution in [0.15, 0.2) is 18.3 Å². The summed E-state index contributed by atoms with van der Waals surface area (Å²) in [5, 5.41) is 11.2. The quantitative estimate of drug-likeness (QED) is 0.317. The molecule has 4 heterocycles. The van der Waals surface area contributed by atoms with Crippen molar-refractivity contribution in [1.29, 1.82) is 0 Å². The van der Waals surface area contributed by atoms with Gasteiger partial charge in [-0.3, -0.25) is 19.0 Å². The van der Waals surface area contributed by atoms with Gasteiger partial charge in [0.2, 0.25) is 5.91 Å². The van der Waals surface area contributed by atoms with Gasteiger partial charge >= 0.3 is 0 Å². The van der Waals surface area contributed by atoms with E-state index >= 15 is 0 Å². The number of aryl methyl sites for hydroxylation is 2. The highest BCUT2D eigenvalue weighted by Gasteiger charge is 2.30. The Labute approximate surface area is 211 Å². The molecule has 2 amide bonds. The molecule has 0 saturated heterocycles. The van der Waals surface area contributed by atoms with Crippen molar-refractivity contribution in [1.82, 2.24) is 24.5 Å². The van der Waals surface area contributed by atoms with E-state index in [0.717, 1.165) is 28.9 Å². The molecule has 0 unspecified atom stereocenters. The maximum absolute atomic E-state index is 13.7. The molecule has 4 aromatic rings. The molecule has 4 aromatic heterocycles. The van der Waals surface area contributed by atoms with Gasteiger partial charge in [-0.05, 0) is 37.5 Å². The first-order chi connectivity index (χ1) is 17.5. The Morgan fingerprint density at radius 3 is 2.46 bits per heavy atom. The minimum atomic E-state index is -2.90. The molecule has 0 spiro atoms. The van der Waals surface area contributed by atoms with Gasteiger partial charge in [-0.1, -0.05) is 0 Å². The van der Waals surface area contributed by atoms with E-state index < -0.39 is 42.6 Å². The Bertz CT molecular complexity index is 1540. The van der Waals surface area contributed by atoms with Crippen molar-refractivity contribution in [3.63, 3.8) is 0 Å². The van der Waals surface area contributed by atoms with Gasteiger partial charge < -0.3 is 11.1 Å². The molecule has 194 valence electrons. The molecule has 0 radical (unpaired) electrons. The number of halogens is 4. The maximum atomic E-state index is 13.7. The number of pyridine rings is 1. The summed E-state index contributed by atoms with van der Waals surface area (Å²) in [6.45, 7) is 1.13. The molecule has 3 N–H and O–H groups in total. The first kappa shape index (κ1) is 24.9. The average Bonchev–Trinajstić information content (AvgIpc) is 3.35. The van der Waals surface area contributed by atoms with Crippen LogP contribution in [0.3, 0.4) is 0 Å². The van der Waals surface area contributed by atoms with Crippen LogP contribution in [0.4, 0.5) is 23.2 Å². The summed E-state index contributed by atoms with van der Waals surface area (Å²) in [6, 6.07) is 2.47. The van der Waals surface area contributed by atoms with Crippen LogP contribution in [-0.4, -0.2) is 36.4 Å². The van der Waals surface area contributed by atoms with Crippen LogP contribution in [0, 0.1) is 6.92 Å². The van der Waals surface area contributed by atoms with Crippen molar-refractivity contribution in [3.05, 3.63) is 46.0 Å². The first-order valence-corrected chi connectivity index (χ1v) is 12.1. The number of nitrogens with zero attached hydrogens (tertiary/aromatic N) is 5. The molecule has 1 aliphatic carbocycles. The highest BCUT2D eigenvalue weighted by atomic mass is 32.1. The van der Waals surface area contributed by atoms with Gasteiger partial charge in [-0.15, -0.1) is 11.3 Å². The smallest absolute Gasteiger partial charge is 0.280 e. The summed E-state index contributed by atoms with van der Waals surface area (Å²) in [7, 11) is 1.66. The standard InChI is InChI=1S/C23H21F4N7O2S/c1-9-12(7-33(2)31-9)11-5-14(20(24)25)29-23-17(11)18(19(37-23)22(28)36)30-16(35)8-34-15(21(26)27)6-13(32-34)10-3-4-10/h5-7,10,20-21H,3-4,8H2,1-2H3,(H2,28,36)(H,30,35). The van der Waals surface area contributed by atoms with E-state index in [9.17, 15) is 27.2 Å².